The van der Waals surface area contributed by atoms with Crippen LogP contribution in [0.2, 0.25) is 0 Å². The van der Waals surface area contributed by atoms with E-state index in [1.54, 1.807) is 31.2 Å². The number of carbonyl (C=O) groups excluding carboxylic acids is 2. The molecule has 0 saturated carbocycles. The number of nitriles is 1. The molecule has 0 radical (unpaired) electrons. The van der Waals surface area contributed by atoms with Crippen molar-refractivity contribution in [2.45, 2.75) is 26.2 Å². The summed E-state index contributed by atoms with van der Waals surface area (Å²) < 4.78 is 5.04. The molecule has 2 unspecified atom stereocenters. The summed E-state index contributed by atoms with van der Waals surface area (Å²) in [6.07, 6.45) is 1.42. The number of Topliss-reactive ketones (excluding diaryl/α,β-unsaturated/α-hetero) is 1. The molecule has 4 heteroatoms. The van der Waals surface area contributed by atoms with E-state index in [-0.39, 0.29) is 24.7 Å². The minimum absolute atomic E-state index is 0.0618. The Kier molecular flexibility index (Phi) is 7.57. The van der Waals surface area contributed by atoms with Gasteiger partial charge in [0.15, 0.2) is 5.78 Å². The largest absolute Gasteiger partial charge is 0.465 e. The van der Waals surface area contributed by atoms with Gasteiger partial charge >= 0.3 is 5.97 Å². The van der Waals surface area contributed by atoms with Gasteiger partial charge in [0.1, 0.15) is 5.92 Å². The molecule has 2 atom stereocenters. The normalized spacial score (nSPS) is 12.6. The maximum absolute atomic E-state index is 12.6. The van der Waals surface area contributed by atoms with Crippen molar-refractivity contribution >= 4 is 11.8 Å². The van der Waals surface area contributed by atoms with Gasteiger partial charge in [-0.25, -0.2) is 0 Å². The van der Waals surface area contributed by atoms with Crippen LogP contribution in [0.4, 0.5) is 0 Å². The van der Waals surface area contributed by atoms with E-state index >= 15 is 0 Å². The van der Waals surface area contributed by atoms with Crippen LogP contribution >= 0.6 is 0 Å². The van der Waals surface area contributed by atoms with Gasteiger partial charge < -0.3 is 4.74 Å². The predicted octanol–water partition coefficient (Wildman–Crippen LogP) is 4.21. The first-order chi connectivity index (χ1) is 12.7. The highest BCUT2D eigenvalue weighted by Gasteiger charge is 2.31. The molecule has 0 aliphatic rings. The van der Waals surface area contributed by atoms with E-state index in [1.807, 2.05) is 36.4 Å². The first-order valence-electron chi connectivity index (χ1n) is 8.84. The van der Waals surface area contributed by atoms with Crippen LogP contribution in [0.15, 0.2) is 60.7 Å². The number of carbonyl (C=O) groups is 2. The van der Waals surface area contributed by atoms with Crippen LogP contribution in [0.25, 0.3) is 0 Å². The lowest BCUT2D eigenvalue weighted by Crippen LogP contribution is -2.27. The summed E-state index contributed by atoms with van der Waals surface area (Å²) >= 11 is 0. The Morgan fingerprint density at radius 3 is 2.23 bits per heavy atom. The monoisotopic (exact) mass is 349 g/mol. The summed E-state index contributed by atoms with van der Waals surface area (Å²) in [6.45, 7) is 1.93. The molecule has 0 fully saturated rings. The first-order valence-corrected chi connectivity index (χ1v) is 8.84. The van der Waals surface area contributed by atoms with Crippen LogP contribution in [0, 0.1) is 23.2 Å². The third kappa shape index (κ3) is 5.56. The molecule has 134 valence electrons. The number of rotatable bonds is 9. The third-order valence-corrected chi connectivity index (χ3v) is 4.34. The van der Waals surface area contributed by atoms with Gasteiger partial charge in [0.25, 0.3) is 0 Å². The van der Waals surface area contributed by atoms with Crippen LogP contribution in [0.5, 0.6) is 0 Å². The molecule has 2 rings (SSSR count). The molecule has 2 aromatic carbocycles. The molecule has 0 aliphatic carbocycles. The highest BCUT2D eigenvalue weighted by molar-refractivity contribution is 5.96. The number of hydrogen-bond acceptors (Lipinski definition) is 4. The van der Waals surface area contributed by atoms with Crippen LogP contribution < -0.4 is 0 Å². The van der Waals surface area contributed by atoms with Gasteiger partial charge in [-0.1, -0.05) is 60.7 Å². The quantitative estimate of drug-likeness (QED) is 0.502. The van der Waals surface area contributed by atoms with Crippen molar-refractivity contribution in [3.8, 4) is 6.07 Å². The van der Waals surface area contributed by atoms with Crippen LogP contribution in [0.3, 0.4) is 0 Å². The minimum Gasteiger partial charge on any atom is -0.465 e. The van der Waals surface area contributed by atoms with Crippen molar-refractivity contribution in [3.05, 3.63) is 71.8 Å². The second kappa shape index (κ2) is 10.1. The molecule has 0 bridgehead atoms. The molecular weight excluding hydrogens is 326 g/mol. The van der Waals surface area contributed by atoms with Gasteiger partial charge in [-0.05, 0) is 31.2 Å². The lowest BCUT2D eigenvalue weighted by molar-refractivity contribution is -0.147. The predicted molar refractivity (Wildman–Crippen MR) is 99.4 cm³/mol. The number of ether oxygens (including phenoxy) is 1. The van der Waals surface area contributed by atoms with E-state index in [1.165, 1.54) is 0 Å². The standard InChI is InChI=1S/C22H23NO3/c1-2-26-22(25)20(16-23)19(14-13-17-9-5-3-6-10-17)15-21(24)18-11-7-4-8-12-18/h3-12,19-20H,2,13-15H2,1H3. The number of nitrogens with zero attached hydrogens (tertiary/aromatic N) is 1. The fraction of sp³-hybridized carbons (Fsp3) is 0.318. The summed E-state index contributed by atoms with van der Waals surface area (Å²) in [4.78, 5) is 24.8. The van der Waals surface area contributed by atoms with Crippen molar-refractivity contribution < 1.29 is 14.3 Å². The molecule has 0 aliphatic heterocycles. The zero-order valence-electron chi connectivity index (χ0n) is 14.9. The maximum atomic E-state index is 12.6. The van der Waals surface area contributed by atoms with Crippen molar-refractivity contribution in [1.29, 1.82) is 5.26 Å². The second-order valence-corrected chi connectivity index (χ2v) is 6.14. The number of esters is 1. The van der Waals surface area contributed by atoms with Gasteiger partial charge in [-0.3, -0.25) is 9.59 Å². The van der Waals surface area contributed by atoms with Crippen LogP contribution in [-0.4, -0.2) is 18.4 Å². The number of benzene rings is 2. The number of hydrogen-bond donors (Lipinski definition) is 0. The van der Waals surface area contributed by atoms with Crippen molar-refractivity contribution in [2.24, 2.45) is 11.8 Å². The zero-order valence-corrected chi connectivity index (χ0v) is 14.9. The van der Waals surface area contributed by atoms with Crippen molar-refractivity contribution in [1.82, 2.24) is 0 Å². The molecule has 2 aromatic rings. The Morgan fingerprint density at radius 2 is 1.65 bits per heavy atom. The Labute approximate surface area is 154 Å². The smallest absolute Gasteiger partial charge is 0.323 e. The van der Waals surface area contributed by atoms with Crippen molar-refractivity contribution in [2.75, 3.05) is 6.61 Å². The molecular formula is C22H23NO3. The second-order valence-electron chi connectivity index (χ2n) is 6.14. The van der Waals surface area contributed by atoms with Crippen LogP contribution in [0.1, 0.15) is 35.7 Å². The number of aryl methyl sites for hydroxylation is 1. The summed E-state index contributed by atoms with van der Waals surface area (Å²) in [5, 5.41) is 9.51. The highest BCUT2D eigenvalue weighted by atomic mass is 16.5. The molecule has 0 spiro atoms. The molecule has 0 saturated heterocycles. The summed E-state index contributed by atoms with van der Waals surface area (Å²) in [5.41, 5.74) is 1.71. The van der Waals surface area contributed by atoms with Gasteiger partial charge in [-0.15, -0.1) is 0 Å². The topological polar surface area (TPSA) is 67.2 Å². The van der Waals surface area contributed by atoms with Crippen LogP contribution in [-0.2, 0) is 16.0 Å². The lowest BCUT2D eigenvalue weighted by atomic mass is 9.83. The third-order valence-electron chi connectivity index (χ3n) is 4.34. The zero-order chi connectivity index (χ0) is 18.8. The Hall–Kier alpha value is -2.93. The van der Waals surface area contributed by atoms with E-state index in [4.69, 9.17) is 4.74 Å². The average Bonchev–Trinajstić information content (AvgIpc) is 2.68. The SMILES string of the molecule is CCOC(=O)C(C#N)C(CCc1ccccc1)CC(=O)c1ccccc1. The van der Waals surface area contributed by atoms with E-state index in [2.05, 4.69) is 6.07 Å². The fourth-order valence-electron chi connectivity index (χ4n) is 2.95. The first kappa shape index (κ1) is 19.4. The Balaban J connectivity index is 2.15. The molecule has 4 nitrogen and oxygen atoms in total. The van der Waals surface area contributed by atoms with Gasteiger partial charge in [-0.2, -0.15) is 5.26 Å². The lowest BCUT2D eigenvalue weighted by Gasteiger charge is -2.20. The molecule has 0 amide bonds. The summed E-state index contributed by atoms with van der Waals surface area (Å²) in [5.74, 6) is -1.93. The van der Waals surface area contributed by atoms with Gasteiger partial charge in [0.05, 0.1) is 12.7 Å². The molecule has 0 heterocycles. The Bertz CT molecular complexity index is 750. The van der Waals surface area contributed by atoms with E-state index < -0.39 is 11.9 Å². The fourth-order valence-corrected chi connectivity index (χ4v) is 2.95. The molecule has 26 heavy (non-hydrogen) atoms. The minimum atomic E-state index is -0.939. The van der Waals surface area contributed by atoms with Gasteiger partial charge in [0.2, 0.25) is 0 Å². The summed E-state index contributed by atoms with van der Waals surface area (Å²) in [7, 11) is 0. The van der Waals surface area contributed by atoms with E-state index in [0.717, 1.165) is 5.56 Å². The molecule has 0 N–H and O–H groups in total. The summed E-state index contributed by atoms with van der Waals surface area (Å²) in [6, 6.07) is 20.9. The van der Waals surface area contributed by atoms with E-state index in [0.29, 0.717) is 18.4 Å². The Morgan fingerprint density at radius 1 is 1.04 bits per heavy atom. The van der Waals surface area contributed by atoms with Crippen molar-refractivity contribution in [3.63, 3.8) is 0 Å². The average molecular weight is 349 g/mol. The molecule has 0 aromatic heterocycles. The highest BCUT2D eigenvalue weighted by Crippen LogP contribution is 2.25. The van der Waals surface area contributed by atoms with E-state index in [9.17, 15) is 14.9 Å². The number of ketones is 1. The van der Waals surface area contributed by atoms with Gasteiger partial charge in [0, 0.05) is 12.0 Å². The maximum Gasteiger partial charge on any atom is 0.323 e.